The van der Waals surface area contributed by atoms with E-state index in [2.05, 4.69) is 40.4 Å². The predicted octanol–water partition coefficient (Wildman–Crippen LogP) is 6.10. The molecule has 0 spiro atoms. The SMILES string of the molecule is CCOc1cc([C@@H]2C(C(=O)Nc3ccccc3C)=C(C)NC3=C2C(=O)CC(C)(C)C3)cc(Br)c1O. The number of ketones is 1. The summed E-state index contributed by atoms with van der Waals surface area (Å²) in [7, 11) is 0. The van der Waals surface area contributed by atoms with Gasteiger partial charge in [-0.05, 0) is 77.9 Å². The Morgan fingerprint density at radius 1 is 1.23 bits per heavy atom. The molecule has 1 aliphatic carbocycles. The van der Waals surface area contributed by atoms with Gasteiger partial charge in [0, 0.05) is 40.6 Å². The van der Waals surface area contributed by atoms with Gasteiger partial charge in [-0.25, -0.2) is 0 Å². The van der Waals surface area contributed by atoms with Crippen LogP contribution in [0, 0.1) is 12.3 Å². The second-order valence-electron chi connectivity index (χ2n) is 9.98. The molecule has 1 heterocycles. The lowest BCUT2D eigenvalue weighted by atomic mass is 9.68. The van der Waals surface area contributed by atoms with E-state index in [0.29, 0.717) is 57.8 Å². The number of amides is 1. The number of halogens is 1. The normalized spacial score (nSPS) is 19.3. The molecule has 7 heteroatoms. The van der Waals surface area contributed by atoms with Crippen LogP contribution in [0.4, 0.5) is 5.69 Å². The quantitative estimate of drug-likeness (QED) is 0.427. The summed E-state index contributed by atoms with van der Waals surface area (Å²) in [4.78, 5) is 27.3. The molecule has 2 aromatic carbocycles. The van der Waals surface area contributed by atoms with E-state index >= 15 is 0 Å². The maximum Gasteiger partial charge on any atom is 0.254 e. The van der Waals surface area contributed by atoms with Crippen LogP contribution in [0.3, 0.4) is 0 Å². The topological polar surface area (TPSA) is 87.7 Å². The van der Waals surface area contributed by atoms with Gasteiger partial charge in [0.15, 0.2) is 17.3 Å². The van der Waals surface area contributed by atoms with E-state index in [4.69, 9.17) is 4.74 Å². The second kappa shape index (κ2) is 9.53. The minimum atomic E-state index is -0.602. The Kier molecular flexibility index (Phi) is 6.82. The van der Waals surface area contributed by atoms with E-state index in [-0.39, 0.29) is 22.9 Å². The summed E-state index contributed by atoms with van der Waals surface area (Å²) in [5.41, 5.74) is 4.81. The fourth-order valence-corrected chi connectivity index (χ4v) is 5.46. The molecule has 4 rings (SSSR count). The lowest BCUT2D eigenvalue weighted by molar-refractivity contribution is -0.118. The molecule has 184 valence electrons. The van der Waals surface area contributed by atoms with Gasteiger partial charge >= 0.3 is 0 Å². The van der Waals surface area contributed by atoms with E-state index in [1.165, 1.54) is 0 Å². The highest BCUT2D eigenvalue weighted by atomic mass is 79.9. The van der Waals surface area contributed by atoms with Crippen LogP contribution in [0.5, 0.6) is 11.5 Å². The van der Waals surface area contributed by atoms with Crippen molar-refractivity contribution in [2.75, 3.05) is 11.9 Å². The van der Waals surface area contributed by atoms with Crippen LogP contribution >= 0.6 is 15.9 Å². The van der Waals surface area contributed by atoms with Crippen LogP contribution in [-0.2, 0) is 9.59 Å². The van der Waals surface area contributed by atoms with Gasteiger partial charge < -0.3 is 20.5 Å². The Bertz CT molecular complexity index is 1280. The number of Topliss-reactive ketones (excluding diaryl/α,β-unsaturated/α-hetero) is 1. The Hall–Kier alpha value is -3.06. The number of phenolic OH excluding ortho intramolecular Hbond substituents is 1. The van der Waals surface area contributed by atoms with Crippen molar-refractivity contribution in [3.05, 3.63) is 74.5 Å². The molecular weight excluding hydrogens is 508 g/mol. The molecule has 0 bridgehead atoms. The summed E-state index contributed by atoms with van der Waals surface area (Å²) in [5.74, 6) is -0.570. The highest BCUT2D eigenvalue weighted by Gasteiger charge is 2.43. The summed E-state index contributed by atoms with van der Waals surface area (Å²) >= 11 is 3.43. The Labute approximate surface area is 214 Å². The van der Waals surface area contributed by atoms with Crippen LogP contribution in [0.1, 0.15) is 57.6 Å². The van der Waals surface area contributed by atoms with Gasteiger partial charge in [0.25, 0.3) is 5.91 Å². The number of dihydropyridines is 1. The minimum Gasteiger partial charge on any atom is -0.503 e. The molecule has 0 saturated carbocycles. The van der Waals surface area contributed by atoms with Crippen LogP contribution in [0.2, 0.25) is 0 Å². The molecule has 0 fully saturated rings. The first-order chi connectivity index (χ1) is 16.5. The van der Waals surface area contributed by atoms with Crippen LogP contribution in [-0.4, -0.2) is 23.4 Å². The number of carbonyl (C=O) groups excluding carboxylic acids is 2. The summed E-state index contributed by atoms with van der Waals surface area (Å²) in [6.45, 7) is 10.2. The second-order valence-corrected chi connectivity index (χ2v) is 10.8. The number of ether oxygens (including phenoxy) is 1. The van der Waals surface area contributed by atoms with Gasteiger partial charge in [-0.15, -0.1) is 0 Å². The van der Waals surface area contributed by atoms with Gasteiger partial charge in [0.05, 0.1) is 11.1 Å². The van der Waals surface area contributed by atoms with Crippen LogP contribution in [0.15, 0.2) is 63.4 Å². The average Bonchev–Trinajstić information content (AvgIpc) is 2.76. The highest BCUT2D eigenvalue weighted by molar-refractivity contribution is 9.10. The van der Waals surface area contributed by atoms with Gasteiger partial charge in [-0.2, -0.15) is 0 Å². The summed E-state index contributed by atoms with van der Waals surface area (Å²) < 4.78 is 6.11. The largest absolute Gasteiger partial charge is 0.503 e. The van der Waals surface area contributed by atoms with Crippen molar-refractivity contribution in [1.82, 2.24) is 5.32 Å². The third kappa shape index (κ3) is 4.87. The molecule has 0 saturated heterocycles. The van der Waals surface area contributed by atoms with Crippen LogP contribution < -0.4 is 15.4 Å². The lowest BCUT2D eigenvalue weighted by Gasteiger charge is -2.39. The molecule has 0 unspecified atom stereocenters. The number of hydrogen-bond acceptors (Lipinski definition) is 5. The number of carbonyl (C=O) groups is 2. The number of benzene rings is 2. The zero-order valence-electron chi connectivity index (χ0n) is 20.7. The van der Waals surface area contributed by atoms with E-state index in [9.17, 15) is 14.7 Å². The van der Waals surface area contributed by atoms with Crippen molar-refractivity contribution >= 4 is 33.3 Å². The third-order valence-corrected chi connectivity index (χ3v) is 7.17. The molecule has 1 amide bonds. The third-order valence-electron chi connectivity index (χ3n) is 6.56. The lowest BCUT2D eigenvalue weighted by Crippen LogP contribution is -2.39. The standard InChI is InChI=1S/C28H31BrN2O4/c1-6-35-22-12-17(11-18(29)26(22)33)24-23(27(34)31-19-10-8-7-9-15(19)2)16(3)30-20-13-28(4,5)14-21(32)25(20)24/h7-12,24,30,33H,6,13-14H2,1-5H3,(H,31,34)/t24-/m1/s1. The number of anilines is 1. The molecule has 0 aromatic heterocycles. The van der Waals surface area contributed by atoms with Crippen molar-refractivity contribution in [1.29, 1.82) is 0 Å². The molecular formula is C28H31BrN2O4. The Morgan fingerprint density at radius 2 is 1.94 bits per heavy atom. The fraction of sp³-hybridized carbons (Fsp3) is 0.357. The summed E-state index contributed by atoms with van der Waals surface area (Å²) in [5, 5.41) is 16.9. The predicted molar refractivity (Wildman–Crippen MR) is 140 cm³/mol. The first-order valence-electron chi connectivity index (χ1n) is 11.8. The molecule has 2 aliphatic rings. The first-order valence-corrected chi connectivity index (χ1v) is 12.6. The van der Waals surface area contributed by atoms with E-state index in [1.807, 2.05) is 45.0 Å². The number of aromatic hydroxyl groups is 1. The van der Waals surface area contributed by atoms with Gasteiger partial charge in [-0.1, -0.05) is 32.0 Å². The molecule has 3 N–H and O–H groups in total. The monoisotopic (exact) mass is 538 g/mol. The fourth-order valence-electron chi connectivity index (χ4n) is 5.00. The van der Waals surface area contributed by atoms with E-state index < -0.39 is 5.92 Å². The first kappa shape index (κ1) is 25.0. The van der Waals surface area contributed by atoms with Gasteiger partial charge in [0.2, 0.25) is 0 Å². The smallest absolute Gasteiger partial charge is 0.254 e. The van der Waals surface area contributed by atoms with Gasteiger partial charge in [-0.3, -0.25) is 9.59 Å². The zero-order valence-corrected chi connectivity index (χ0v) is 22.3. The van der Waals surface area contributed by atoms with Crippen molar-refractivity contribution in [3.8, 4) is 11.5 Å². The number of hydrogen-bond donors (Lipinski definition) is 3. The summed E-state index contributed by atoms with van der Waals surface area (Å²) in [6, 6.07) is 11.1. The Balaban J connectivity index is 1.88. The van der Waals surface area contributed by atoms with Crippen LogP contribution in [0.25, 0.3) is 0 Å². The number of allylic oxidation sites excluding steroid dienone is 3. The van der Waals surface area contributed by atoms with Crippen molar-refractivity contribution < 1.29 is 19.4 Å². The number of nitrogens with one attached hydrogen (secondary N) is 2. The molecule has 1 atom stereocenters. The molecule has 1 aliphatic heterocycles. The maximum absolute atomic E-state index is 13.7. The number of phenols is 1. The molecule has 35 heavy (non-hydrogen) atoms. The maximum atomic E-state index is 13.7. The zero-order chi connectivity index (χ0) is 25.5. The molecule has 0 radical (unpaired) electrons. The average molecular weight is 539 g/mol. The molecule has 6 nitrogen and oxygen atoms in total. The van der Waals surface area contributed by atoms with Crippen molar-refractivity contribution in [2.24, 2.45) is 5.41 Å². The number of para-hydroxylation sites is 1. The number of aryl methyl sites for hydroxylation is 1. The number of rotatable bonds is 5. The molecule has 2 aromatic rings. The van der Waals surface area contributed by atoms with Crippen molar-refractivity contribution in [2.45, 2.75) is 53.4 Å². The Morgan fingerprint density at radius 3 is 2.63 bits per heavy atom. The highest BCUT2D eigenvalue weighted by Crippen LogP contribution is 2.49. The minimum absolute atomic E-state index is 0.0125. The van der Waals surface area contributed by atoms with E-state index in [0.717, 1.165) is 11.3 Å². The van der Waals surface area contributed by atoms with Crippen molar-refractivity contribution in [3.63, 3.8) is 0 Å². The van der Waals surface area contributed by atoms with Gasteiger partial charge in [0.1, 0.15) is 0 Å². The summed E-state index contributed by atoms with van der Waals surface area (Å²) in [6.07, 6.45) is 1.10. The van der Waals surface area contributed by atoms with E-state index in [1.54, 1.807) is 12.1 Å².